The summed E-state index contributed by atoms with van der Waals surface area (Å²) in [4.78, 5) is 26.4. The van der Waals surface area contributed by atoms with Gasteiger partial charge in [0.2, 0.25) is 0 Å². The van der Waals surface area contributed by atoms with Crippen LogP contribution in [-0.4, -0.2) is 56.8 Å². The second-order valence-corrected chi connectivity index (χ2v) is 7.06. The van der Waals surface area contributed by atoms with Crippen LogP contribution in [0.25, 0.3) is 6.08 Å². The largest absolute Gasteiger partial charge is 0.493 e. The van der Waals surface area contributed by atoms with Gasteiger partial charge >= 0.3 is 5.97 Å². The van der Waals surface area contributed by atoms with Crippen molar-refractivity contribution >= 4 is 18.0 Å². The molecule has 166 valence electrons. The molecule has 1 amide bonds. The highest BCUT2D eigenvalue weighted by atomic mass is 16.6. The number of esters is 1. The Labute approximate surface area is 186 Å². The SMILES string of the molecule is COc1cc(/C=C(\C#N)C(=O)N2CCOCC2)ccc1OC(=O)COc1cccc(C)c1. The lowest BCUT2D eigenvalue weighted by atomic mass is 10.1. The highest BCUT2D eigenvalue weighted by Gasteiger charge is 2.21. The van der Waals surface area contributed by atoms with Crippen LogP contribution in [0.2, 0.25) is 0 Å². The molecule has 1 aliphatic rings. The summed E-state index contributed by atoms with van der Waals surface area (Å²) in [5, 5.41) is 9.45. The van der Waals surface area contributed by atoms with Crippen LogP contribution in [0.15, 0.2) is 48.0 Å². The molecule has 0 bridgehead atoms. The lowest BCUT2D eigenvalue weighted by Gasteiger charge is -2.26. The molecule has 0 aromatic heterocycles. The molecule has 0 unspecified atom stereocenters. The summed E-state index contributed by atoms with van der Waals surface area (Å²) in [6.07, 6.45) is 1.48. The molecule has 0 radical (unpaired) electrons. The highest BCUT2D eigenvalue weighted by molar-refractivity contribution is 6.01. The van der Waals surface area contributed by atoms with E-state index in [9.17, 15) is 14.9 Å². The average Bonchev–Trinajstić information content (AvgIpc) is 2.82. The standard InChI is InChI=1S/C24H24N2O6/c1-17-4-3-5-20(12-17)31-16-23(27)32-21-7-6-18(14-22(21)29-2)13-19(15-25)24(28)26-8-10-30-11-9-26/h3-7,12-14H,8-11,16H2,1-2H3/b19-13+. The predicted octanol–water partition coefficient (Wildman–Crippen LogP) is 2.75. The summed E-state index contributed by atoms with van der Waals surface area (Å²) >= 11 is 0. The van der Waals surface area contributed by atoms with Gasteiger partial charge in [0.25, 0.3) is 5.91 Å². The Morgan fingerprint density at radius 3 is 2.62 bits per heavy atom. The number of ether oxygens (including phenoxy) is 4. The number of carbonyl (C=O) groups excluding carboxylic acids is 2. The zero-order chi connectivity index (χ0) is 22.9. The first-order valence-electron chi connectivity index (χ1n) is 10.1. The van der Waals surface area contributed by atoms with Crippen molar-refractivity contribution in [2.45, 2.75) is 6.92 Å². The lowest BCUT2D eigenvalue weighted by molar-refractivity contribution is -0.136. The van der Waals surface area contributed by atoms with Crippen molar-refractivity contribution in [3.8, 4) is 23.3 Å². The Hall–Kier alpha value is -3.83. The van der Waals surface area contributed by atoms with Crippen LogP contribution in [-0.2, 0) is 14.3 Å². The maximum absolute atomic E-state index is 12.6. The average molecular weight is 436 g/mol. The molecule has 0 saturated carbocycles. The van der Waals surface area contributed by atoms with E-state index in [1.807, 2.05) is 31.2 Å². The number of nitrogens with zero attached hydrogens (tertiary/aromatic N) is 2. The van der Waals surface area contributed by atoms with Gasteiger partial charge in [-0.05, 0) is 48.4 Å². The fraction of sp³-hybridized carbons (Fsp3) is 0.292. The van der Waals surface area contributed by atoms with E-state index in [0.717, 1.165) is 5.56 Å². The van der Waals surface area contributed by atoms with Gasteiger partial charge in [0.1, 0.15) is 17.4 Å². The van der Waals surface area contributed by atoms with E-state index in [4.69, 9.17) is 18.9 Å². The molecule has 1 heterocycles. The first-order chi connectivity index (χ1) is 15.5. The van der Waals surface area contributed by atoms with Crippen LogP contribution in [0.1, 0.15) is 11.1 Å². The molecule has 1 fully saturated rings. The van der Waals surface area contributed by atoms with E-state index in [0.29, 0.717) is 43.4 Å². The zero-order valence-electron chi connectivity index (χ0n) is 18.0. The zero-order valence-corrected chi connectivity index (χ0v) is 18.0. The summed E-state index contributed by atoms with van der Waals surface area (Å²) in [6, 6.07) is 14.1. The maximum Gasteiger partial charge on any atom is 0.349 e. The molecule has 1 saturated heterocycles. The fourth-order valence-electron chi connectivity index (χ4n) is 3.10. The topological polar surface area (TPSA) is 98.1 Å². The Kier molecular flexibility index (Phi) is 7.84. The molecule has 8 nitrogen and oxygen atoms in total. The van der Waals surface area contributed by atoms with E-state index in [2.05, 4.69) is 0 Å². The van der Waals surface area contributed by atoms with Crippen LogP contribution in [0.3, 0.4) is 0 Å². The molecule has 3 rings (SSSR count). The quantitative estimate of drug-likeness (QED) is 0.285. The molecular weight excluding hydrogens is 412 g/mol. The minimum Gasteiger partial charge on any atom is -0.493 e. The van der Waals surface area contributed by atoms with E-state index < -0.39 is 5.97 Å². The molecule has 0 N–H and O–H groups in total. The molecule has 8 heteroatoms. The third kappa shape index (κ3) is 6.09. The third-order valence-corrected chi connectivity index (χ3v) is 4.72. The number of benzene rings is 2. The molecule has 2 aromatic rings. The normalized spacial score (nSPS) is 13.8. The molecule has 0 atom stereocenters. The monoisotopic (exact) mass is 436 g/mol. The molecule has 1 aliphatic heterocycles. The maximum atomic E-state index is 12.6. The minimum atomic E-state index is -0.590. The van der Waals surface area contributed by atoms with Crippen molar-refractivity contribution in [2.24, 2.45) is 0 Å². The van der Waals surface area contributed by atoms with Gasteiger partial charge < -0.3 is 23.8 Å². The number of carbonyl (C=O) groups is 2. The lowest BCUT2D eigenvalue weighted by Crippen LogP contribution is -2.41. The summed E-state index contributed by atoms with van der Waals surface area (Å²) in [5.41, 5.74) is 1.59. The molecular formula is C24H24N2O6. The van der Waals surface area contributed by atoms with Crippen LogP contribution < -0.4 is 14.2 Å². The molecule has 0 spiro atoms. The smallest absolute Gasteiger partial charge is 0.349 e. The number of hydrogen-bond acceptors (Lipinski definition) is 7. The number of hydrogen-bond donors (Lipinski definition) is 0. The first-order valence-corrected chi connectivity index (χ1v) is 10.1. The van der Waals surface area contributed by atoms with Gasteiger partial charge in [0, 0.05) is 13.1 Å². The number of amides is 1. The second-order valence-electron chi connectivity index (χ2n) is 7.06. The van der Waals surface area contributed by atoms with Gasteiger partial charge in [-0.15, -0.1) is 0 Å². The Balaban J connectivity index is 1.68. The van der Waals surface area contributed by atoms with E-state index >= 15 is 0 Å². The van der Waals surface area contributed by atoms with E-state index in [-0.39, 0.29) is 23.8 Å². The predicted molar refractivity (Wildman–Crippen MR) is 116 cm³/mol. The third-order valence-electron chi connectivity index (χ3n) is 4.72. The Morgan fingerprint density at radius 2 is 1.94 bits per heavy atom. The molecule has 0 aliphatic carbocycles. The van der Waals surface area contributed by atoms with Crippen LogP contribution in [0.5, 0.6) is 17.2 Å². The van der Waals surface area contributed by atoms with Crippen molar-refractivity contribution in [1.82, 2.24) is 4.90 Å². The summed E-state index contributed by atoms with van der Waals surface area (Å²) in [5.74, 6) is 0.134. The van der Waals surface area contributed by atoms with Crippen molar-refractivity contribution in [3.05, 3.63) is 59.2 Å². The van der Waals surface area contributed by atoms with Gasteiger partial charge in [0.05, 0.1) is 20.3 Å². The first kappa shape index (κ1) is 22.8. The van der Waals surface area contributed by atoms with Gasteiger partial charge in [-0.2, -0.15) is 5.26 Å². The summed E-state index contributed by atoms with van der Waals surface area (Å²) < 4.78 is 21.4. The number of rotatable bonds is 7. The number of methoxy groups -OCH3 is 1. The molecule has 32 heavy (non-hydrogen) atoms. The number of morpholine rings is 1. The Bertz CT molecular complexity index is 1050. The van der Waals surface area contributed by atoms with E-state index in [1.54, 1.807) is 29.2 Å². The Morgan fingerprint density at radius 1 is 1.16 bits per heavy atom. The van der Waals surface area contributed by atoms with Crippen LogP contribution in [0, 0.1) is 18.3 Å². The minimum absolute atomic E-state index is 0.00486. The summed E-state index contributed by atoms with van der Waals surface area (Å²) in [7, 11) is 1.44. The second kappa shape index (κ2) is 11.0. The van der Waals surface area contributed by atoms with Gasteiger partial charge in [0.15, 0.2) is 18.1 Å². The van der Waals surface area contributed by atoms with Crippen molar-refractivity contribution in [1.29, 1.82) is 5.26 Å². The molecule has 2 aromatic carbocycles. The summed E-state index contributed by atoms with van der Waals surface area (Å²) in [6.45, 7) is 3.46. The highest BCUT2D eigenvalue weighted by Crippen LogP contribution is 2.29. The van der Waals surface area contributed by atoms with Crippen molar-refractivity contribution in [3.63, 3.8) is 0 Å². The number of nitriles is 1. The van der Waals surface area contributed by atoms with Gasteiger partial charge in [-0.25, -0.2) is 4.79 Å². The van der Waals surface area contributed by atoms with Crippen LogP contribution in [0.4, 0.5) is 0 Å². The van der Waals surface area contributed by atoms with Gasteiger partial charge in [-0.3, -0.25) is 4.79 Å². The van der Waals surface area contributed by atoms with Crippen molar-refractivity contribution < 1.29 is 28.5 Å². The van der Waals surface area contributed by atoms with Crippen LogP contribution >= 0.6 is 0 Å². The number of aryl methyl sites for hydroxylation is 1. The van der Waals surface area contributed by atoms with Crippen molar-refractivity contribution in [2.75, 3.05) is 40.0 Å². The fourth-order valence-corrected chi connectivity index (χ4v) is 3.10. The van der Waals surface area contributed by atoms with E-state index in [1.165, 1.54) is 13.2 Å². The van der Waals surface area contributed by atoms with Gasteiger partial charge in [-0.1, -0.05) is 18.2 Å².